The van der Waals surface area contributed by atoms with E-state index in [0.29, 0.717) is 31.3 Å². The molecule has 4 rings (SSSR count). The summed E-state index contributed by atoms with van der Waals surface area (Å²) in [6.07, 6.45) is 3.76. The molecule has 0 aromatic rings. The quantitative estimate of drug-likeness (QED) is 0.738. The number of carbonyl (C=O) groups is 2. The Morgan fingerprint density at radius 3 is 2.52 bits per heavy atom. The lowest BCUT2D eigenvalue weighted by atomic mass is 9.43. The Labute approximate surface area is 159 Å². The van der Waals surface area contributed by atoms with Gasteiger partial charge in [0.1, 0.15) is 5.60 Å². The molecule has 0 heterocycles. The molecule has 0 radical (unpaired) electrons. The van der Waals surface area contributed by atoms with E-state index in [4.69, 9.17) is 0 Å². The predicted molar refractivity (Wildman–Crippen MR) is 98.6 cm³/mol. The first kappa shape index (κ1) is 19.0. The third kappa shape index (κ3) is 1.95. The van der Waals surface area contributed by atoms with E-state index in [1.54, 1.807) is 13.8 Å². The van der Waals surface area contributed by atoms with Gasteiger partial charge in [-0.05, 0) is 70.9 Å². The number of ketones is 2. The summed E-state index contributed by atoms with van der Waals surface area (Å²) >= 11 is 0. The van der Waals surface area contributed by atoms with Crippen molar-refractivity contribution in [2.75, 3.05) is 0 Å². The molecule has 4 aliphatic carbocycles. The molecule has 7 atom stereocenters. The van der Waals surface area contributed by atoms with Crippen LogP contribution >= 0.6 is 0 Å². The number of hydrogen-bond donors (Lipinski definition) is 2. The smallest absolute Gasteiger partial charge is 0.178 e. The van der Waals surface area contributed by atoms with Crippen LogP contribution in [0.4, 0.5) is 4.39 Å². The molecule has 0 aromatic carbocycles. The molecular formula is C22H29FO4. The number of rotatable bonds is 1. The number of aliphatic hydroxyl groups is 2. The normalized spacial score (nSPS) is 51.7. The zero-order chi connectivity index (χ0) is 20.0. The fraction of sp³-hybridized carbons (Fsp3) is 0.727. The second-order valence-electron chi connectivity index (χ2n) is 9.64. The number of alkyl halides is 1. The minimum Gasteiger partial charge on any atom is -0.390 e. The molecule has 1 unspecified atom stereocenters. The standard InChI is InChI=1S/C22H29FO4/c1-12-9-15(25)10-14-5-6-17-16-7-8-21(27,13(2)24)19(16,3)11-18(26)22(17,23)20(12,14)4/h9-10,16-18,26-27H,5-8,11H2,1-4H3/t16-,17-,18?,19-,20-,21-,22-/m0/s1. The van der Waals surface area contributed by atoms with Crippen LogP contribution in [0, 0.1) is 22.7 Å². The predicted octanol–water partition coefficient (Wildman–Crippen LogP) is 3.07. The van der Waals surface area contributed by atoms with Crippen LogP contribution in [-0.2, 0) is 9.59 Å². The molecule has 5 heteroatoms. The molecule has 0 bridgehead atoms. The van der Waals surface area contributed by atoms with Crippen LogP contribution in [-0.4, -0.2) is 39.2 Å². The van der Waals surface area contributed by atoms with Crippen LogP contribution in [0.3, 0.4) is 0 Å². The highest BCUT2D eigenvalue weighted by molar-refractivity contribution is 6.02. The van der Waals surface area contributed by atoms with Crippen LogP contribution in [0.15, 0.2) is 23.3 Å². The van der Waals surface area contributed by atoms with Gasteiger partial charge in [0.05, 0.1) is 6.10 Å². The number of Topliss-reactive ketones (excluding diaryl/α,β-unsaturated/α-hetero) is 1. The van der Waals surface area contributed by atoms with Gasteiger partial charge in [-0.25, -0.2) is 4.39 Å². The minimum absolute atomic E-state index is 0.0465. The van der Waals surface area contributed by atoms with E-state index in [1.165, 1.54) is 19.1 Å². The summed E-state index contributed by atoms with van der Waals surface area (Å²) in [5, 5.41) is 22.3. The van der Waals surface area contributed by atoms with Crippen molar-refractivity contribution < 1.29 is 24.2 Å². The minimum atomic E-state index is -1.91. The van der Waals surface area contributed by atoms with Gasteiger partial charge in [0.2, 0.25) is 0 Å². The Balaban J connectivity index is 1.86. The Morgan fingerprint density at radius 2 is 1.89 bits per heavy atom. The van der Waals surface area contributed by atoms with E-state index in [2.05, 4.69) is 0 Å². The van der Waals surface area contributed by atoms with E-state index in [1.807, 2.05) is 6.92 Å². The van der Waals surface area contributed by atoms with Crippen molar-refractivity contribution in [2.45, 2.75) is 77.2 Å². The largest absolute Gasteiger partial charge is 0.390 e. The molecule has 2 N–H and O–H groups in total. The van der Waals surface area contributed by atoms with Gasteiger partial charge in [0.25, 0.3) is 0 Å². The summed E-state index contributed by atoms with van der Waals surface area (Å²) in [6.45, 7) is 6.81. The van der Waals surface area contributed by atoms with Crippen molar-refractivity contribution in [3.05, 3.63) is 23.3 Å². The van der Waals surface area contributed by atoms with Crippen molar-refractivity contribution >= 4 is 11.6 Å². The van der Waals surface area contributed by atoms with Crippen molar-refractivity contribution in [1.29, 1.82) is 0 Å². The number of hydrogen-bond acceptors (Lipinski definition) is 4. The molecular weight excluding hydrogens is 347 g/mol. The van der Waals surface area contributed by atoms with Crippen LogP contribution < -0.4 is 0 Å². The van der Waals surface area contributed by atoms with E-state index < -0.39 is 34.1 Å². The molecule has 4 aliphatic rings. The second-order valence-corrected chi connectivity index (χ2v) is 9.64. The van der Waals surface area contributed by atoms with Gasteiger partial charge in [0, 0.05) is 16.7 Å². The number of fused-ring (bicyclic) bond motifs is 5. The van der Waals surface area contributed by atoms with Crippen LogP contribution in [0.5, 0.6) is 0 Å². The Kier molecular flexibility index (Phi) is 3.79. The van der Waals surface area contributed by atoms with Gasteiger partial charge in [-0.2, -0.15) is 0 Å². The van der Waals surface area contributed by atoms with E-state index in [0.717, 1.165) is 5.57 Å². The van der Waals surface area contributed by atoms with Crippen LogP contribution in [0.1, 0.15) is 59.8 Å². The van der Waals surface area contributed by atoms with Gasteiger partial charge in [-0.15, -0.1) is 0 Å². The first-order valence-electron chi connectivity index (χ1n) is 9.97. The Hall–Kier alpha value is -1.33. The lowest BCUT2D eigenvalue weighted by molar-refractivity contribution is -0.217. The summed E-state index contributed by atoms with van der Waals surface area (Å²) < 4.78 is 17.0. The Bertz CT molecular complexity index is 800. The topological polar surface area (TPSA) is 74.6 Å². The molecule has 4 nitrogen and oxygen atoms in total. The molecule has 0 saturated heterocycles. The summed E-state index contributed by atoms with van der Waals surface area (Å²) in [4.78, 5) is 24.3. The molecule has 0 aromatic heterocycles. The summed E-state index contributed by atoms with van der Waals surface area (Å²) in [5.74, 6) is -1.06. The second kappa shape index (κ2) is 5.38. The van der Waals surface area contributed by atoms with Crippen LogP contribution in [0.2, 0.25) is 0 Å². The molecule has 0 aliphatic heterocycles. The fourth-order valence-corrected chi connectivity index (χ4v) is 7.17. The molecule has 0 amide bonds. The third-order valence-electron chi connectivity index (χ3n) is 8.89. The van der Waals surface area contributed by atoms with E-state index in [-0.39, 0.29) is 23.9 Å². The van der Waals surface area contributed by atoms with E-state index in [9.17, 15) is 19.8 Å². The van der Waals surface area contributed by atoms with Crippen molar-refractivity contribution in [2.24, 2.45) is 22.7 Å². The van der Waals surface area contributed by atoms with Crippen molar-refractivity contribution in [3.8, 4) is 0 Å². The maximum atomic E-state index is 17.0. The summed E-state index contributed by atoms with van der Waals surface area (Å²) in [5.41, 5.74) is -3.87. The van der Waals surface area contributed by atoms with Crippen molar-refractivity contribution in [3.63, 3.8) is 0 Å². The first-order valence-corrected chi connectivity index (χ1v) is 9.97. The lowest BCUT2D eigenvalue weighted by Gasteiger charge is -2.63. The number of allylic oxidation sites excluding steroid dienone is 4. The average molecular weight is 376 g/mol. The van der Waals surface area contributed by atoms with E-state index >= 15 is 4.39 Å². The van der Waals surface area contributed by atoms with Gasteiger partial charge < -0.3 is 10.2 Å². The summed E-state index contributed by atoms with van der Waals surface area (Å²) in [7, 11) is 0. The zero-order valence-electron chi connectivity index (χ0n) is 16.5. The monoisotopic (exact) mass is 376 g/mol. The van der Waals surface area contributed by atoms with Gasteiger partial charge in [-0.3, -0.25) is 9.59 Å². The molecule has 0 spiro atoms. The summed E-state index contributed by atoms with van der Waals surface area (Å²) in [6, 6.07) is 0. The zero-order valence-corrected chi connectivity index (χ0v) is 16.5. The average Bonchev–Trinajstić information content (AvgIpc) is 2.83. The number of carbonyl (C=O) groups excluding carboxylic acids is 2. The Morgan fingerprint density at radius 1 is 1.22 bits per heavy atom. The van der Waals surface area contributed by atoms with Gasteiger partial charge >= 0.3 is 0 Å². The highest BCUT2D eigenvalue weighted by atomic mass is 19.1. The first-order chi connectivity index (χ1) is 12.4. The third-order valence-corrected chi connectivity index (χ3v) is 8.89. The molecule has 27 heavy (non-hydrogen) atoms. The fourth-order valence-electron chi connectivity index (χ4n) is 7.17. The highest BCUT2D eigenvalue weighted by Crippen LogP contribution is 2.70. The molecule has 3 fully saturated rings. The number of halogens is 1. The maximum Gasteiger partial charge on any atom is 0.178 e. The molecule has 148 valence electrons. The SMILES string of the molecule is CC(=O)[C@@]1(O)CC[C@H]2[C@@H]3CCC4=CC(=O)C=C(C)[C@]4(C)[C@@]3(F)C(O)C[C@@]21C. The molecule has 3 saturated carbocycles. The van der Waals surface area contributed by atoms with Crippen LogP contribution in [0.25, 0.3) is 0 Å². The maximum absolute atomic E-state index is 17.0. The lowest BCUT2D eigenvalue weighted by Crippen LogP contribution is -2.69. The van der Waals surface area contributed by atoms with Gasteiger partial charge in [-0.1, -0.05) is 18.1 Å². The highest BCUT2D eigenvalue weighted by Gasteiger charge is 2.74. The van der Waals surface area contributed by atoms with Gasteiger partial charge in [0.15, 0.2) is 17.2 Å². The van der Waals surface area contributed by atoms with Crippen molar-refractivity contribution in [1.82, 2.24) is 0 Å². The number of aliphatic hydroxyl groups excluding tert-OH is 1.